The van der Waals surface area contributed by atoms with Crippen molar-refractivity contribution in [1.82, 2.24) is 20.2 Å². The van der Waals surface area contributed by atoms with Crippen LogP contribution in [0, 0.1) is 5.82 Å². The van der Waals surface area contributed by atoms with Crippen molar-refractivity contribution in [2.45, 2.75) is 31.5 Å². The van der Waals surface area contributed by atoms with Crippen LogP contribution in [0.15, 0.2) is 54.6 Å². The largest absolute Gasteiger partial charge is 0.376 e. The summed E-state index contributed by atoms with van der Waals surface area (Å²) in [6.07, 6.45) is 2.20. The van der Waals surface area contributed by atoms with E-state index < -0.39 is 0 Å². The predicted octanol–water partition coefficient (Wildman–Crippen LogP) is 3.22. The minimum absolute atomic E-state index is 0.128. The Morgan fingerprint density at radius 2 is 1.96 bits per heavy atom. The SMILES string of the molecule is CN(c1ccccc1)[C@@H](c1ccc(F)cc1)c1nnnn1C[C@@H]1CCCO1. The van der Waals surface area contributed by atoms with E-state index in [4.69, 9.17) is 4.74 Å². The number of tetrazole rings is 1. The molecule has 0 spiro atoms. The number of benzene rings is 2. The van der Waals surface area contributed by atoms with Crippen molar-refractivity contribution in [3.05, 3.63) is 71.8 Å². The highest BCUT2D eigenvalue weighted by Gasteiger charge is 2.28. The minimum atomic E-state index is -0.265. The summed E-state index contributed by atoms with van der Waals surface area (Å²) >= 11 is 0. The second kappa shape index (κ2) is 7.84. The van der Waals surface area contributed by atoms with Crippen LogP contribution in [-0.4, -0.2) is 40.0 Å². The van der Waals surface area contributed by atoms with Crippen LogP contribution in [0.4, 0.5) is 10.1 Å². The molecule has 0 saturated carbocycles. The van der Waals surface area contributed by atoms with Crippen molar-refractivity contribution in [3.63, 3.8) is 0 Å². The number of ether oxygens (including phenoxy) is 1. The molecular formula is C20H22FN5O. The van der Waals surface area contributed by atoms with Gasteiger partial charge in [-0.05, 0) is 53.1 Å². The van der Waals surface area contributed by atoms with Crippen LogP contribution in [0.5, 0.6) is 0 Å². The lowest BCUT2D eigenvalue weighted by atomic mass is 10.0. The van der Waals surface area contributed by atoms with Gasteiger partial charge in [-0.1, -0.05) is 30.3 Å². The van der Waals surface area contributed by atoms with E-state index in [2.05, 4.69) is 20.4 Å². The van der Waals surface area contributed by atoms with Gasteiger partial charge in [0.25, 0.3) is 0 Å². The summed E-state index contributed by atoms with van der Waals surface area (Å²) < 4.78 is 21.0. The van der Waals surface area contributed by atoms with E-state index in [1.165, 1.54) is 12.1 Å². The van der Waals surface area contributed by atoms with Gasteiger partial charge in [-0.3, -0.25) is 0 Å². The lowest BCUT2D eigenvalue weighted by Gasteiger charge is -2.30. The zero-order chi connectivity index (χ0) is 18.6. The Bertz CT molecular complexity index is 862. The highest BCUT2D eigenvalue weighted by molar-refractivity contribution is 5.49. The first-order valence-corrected chi connectivity index (χ1v) is 9.13. The van der Waals surface area contributed by atoms with Crippen molar-refractivity contribution >= 4 is 5.69 Å². The maximum absolute atomic E-state index is 13.5. The summed E-state index contributed by atoms with van der Waals surface area (Å²) in [6, 6.07) is 16.3. The van der Waals surface area contributed by atoms with Crippen LogP contribution < -0.4 is 4.90 Å². The second-order valence-electron chi connectivity index (χ2n) is 6.75. The van der Waals surface area contributed by atoms with Gasteiger partial charge in [0.1, 0.15) is 11.9 Å². The molecular weight excluding hydrogens is 345 g/mol. The molecule has 140 valence electrons. The van der Waals surface area contributed by atoms with Gasteiger partial charge in [-0.25, -0.2) is 9.07 Å². The molecule has 0 unspecified atom stereocenters. The first kappa shape index (κ1) is 17.6. The molecule has 1 aliphatic heterocycles. The van der Waals surface area contributed by atoms with Crippen molar-refractivity contribution in [2.75, 3.05) is 18.6 Å². The molecule has 1 aliphatic rings. The molecule has 2 heterocycles. The van der Waals surface area contributed by atoms with Gasteiger partial charge < -0.3 is 9.64 Å². The monoisotopic (exact) mass is 367 g/mol. The molecule has 27 heavy (non-hydrogen) atoms. The molecule has 7 heteroatoms. The van der Waals surface area contributed by atoms with E-state index in [-0.39, 0.29) is 18.0 Å². The van der Waals surface area contributed by atoms with Crippen LogP contribution >= 0.6 is 0 Å². The highest BCUT2D eigenvalue weighted by Crippen LogP contribution is 2.30. The first-order valence-electron chi connectivity index (χ1n) is 9.13. The summed E-state index contributed by atoms with van der Waals surface area (Å²) in [6.45, 7) is 1.40. The second-order valence-corrected chi connectivity index (χ2v) is 6.75. The van der Waals surface area contributed by atoms with Crippen LogP contribution in [0.3, 0.4) is 0 Å². The van der Waals surface area contributed by atoms with E-state index >= 15 is 0 Å². The van der Waals surface area contributed by atoms with Gasteiger partial charge in [-0.15, -0.1) is 5.10 Å². The number of halogens is 1. The topological polar surface area (TPSA) is 56.1 Å². The molecule has 0 radical (unpaired) electrons. The summed E-state index contributed by atoms with van der Waals surface area (Å²) in [4.78, 5) is 2.10. The Kier molecular flexibility index (Phi) is 5.11. The van der Waals surface area contributed by atoms with Gasteiger partial charge in [0, 0.05) is 19.3 Å². The van der Waals surface area contributed by atoms with Crippen LogP contribution in [0.2, 0.25) is 0 Å². The standard InChI is InChI=1S/C20H22FN5O/c1-25(17-6-3-2-4-7-17)19(15-9-11-16(21)12-10-15)20-22-23-24-26(20)14-18-8-5-13-27-18/h2-4,6-7,9-12,18-19H,5,8,13-14H2,1H3/t18-,19-/m0/s1. The number of hydrogen-bond donors (Lipinski definition) is 0. The predicted molar refractivity (Wildman–Crippen MR) is 99.9 cm³/mol. The number of para-hydroxylation sites is 1. The maximum Gasteiger partial charge on any atom is 0.178 e. The molecule has 3 aromatic rings. The molecule has 0 aliphatic carbocycles. The zero-order valence-electron chi connectivity index (χ0n) is 15.2. The summed E-state index contributed by atoms with van der Waals surface area (Å²) in [5.74, 6) is 0.447. The molecule has 1 fully saturated rings. The molecule has 6 nitrogen and oxygen atoms in total. The lowest BCUT2D eigenvalue weighted by molar-refractivity contribution is 0.0924. The third kappa shape index (κ3) is 3.83. The Balaban J connectivity index is 1.72. The average Bonchev–Trinajstić information content (AvgIpc) is 3.37. The van der Waals surface area contributed by atoms with Crippen molar-refractivity contribution < 1.29 is 9.13 Å². The fraction of sp³-hybridized carbons (Fsp3) is 0.350. The zero-order valence-corrected chi connectivity index (χ0v) is 15.2. The molecule has 0 N–H and O–H groups in total. The maximum atomic E-state index is 13.5. The molecule has 1 saturated heterocycles. The van der Waals surface area contributed by atoms with Gasteiger partial charge in [0.15, 0.2) is 5.82 Å². The minimum Gasteiger partial charge on any atom is -0.376 e. The molecule has 1 aromatic heterocycles. The van der Waals surface area contributed by atoms with Gasteiger partial charge in [0.2, 0.25) is 0 Å². The van der Waals surface area contributed by atoms with Crippen molar-refractivity contribution in [1.29, 1.82) is 0 Å². The van der Waals surface area contributed by atoms with E-state index in [0.29, 0.717) is 12.4 Å². The number of aromatic nitrogens is 4. The van der Waals surface area contributed by atoms with E-state index in [9.17, 15) is 4.39 Å². The lowest BCUT2D eigenvalue weighted by Crippen LogP contribution is -2.29. The van der Waals surface area contributed by atoms with Crippen molar-refractivity contribution in [2.24, 2.45) is 0 Å². The number of hydrogen-bond acceptors (Lipinski definition) is 5. The van der Waals surface area contributed by atoms with Crippen LogP contribution in [0.1, 0.15) is 30.3 Å². The van der Waals surface area contributed by atoms with Gasteiger partial charge in [0.05, 0.1) is 12.6 Å². The highest BCUT2D eigenvalue weighted by atomic mass is 19.1. The van der Waals surface area contributed by atoms with E-state index in [1.54, 1.807) is 12.1 Å². The van der Waals surface area contributed by atoms with Gasteiger partial charge >= 0.3 is 0 Å². The molecule has 0 amide bonds. The fourth-order valence-corrected chi connectivity index (χ4v) is 3.52. The quantitative estimate of drug-likeness (QED) is 0.670. The Hall–Kier alpha value is -2.80. The molecule has 2 aromatic carbocycles. The molecule has 4 rings (SSSR count). The normalized spacial score (nSPS) is 17.8. The third-order valence-corrected chi connectivity index (χ3v) is 4.94. The van der Waals surface area contributed by atoms with E-state index in [0.717, 1.165) is 30.7 Å². The Morgan fingerprint density at radius 1 is 1.19 bits per heavy atom. The Morgan fingerprint density at radius 3 is 2.67 bits per heavy atom. The first-order chi connectivity index (χ1) is 13.2. The molecule has 2 atom stereocenters. The summed E-state index contributed by atoms with van der Waals surface area (Å²) in [5.41, 5.74) is 1.95. The third-order valence-electron chi connectivity index (χ3n) is 4.94. The van der Waals surface area contributed by atoms with Gasteiger partial charge in [-0.2, -0.15) is 0 Å². The summed E-state index contributed by atoms with van der Waals surface area (Å²) in [5, 5.41) is 12.4. The summed E-state index contributed by atoms with van der Waals surface area (Å²) in [7, 11) is 1.99. The van der Waals surface area contributed by atoms with Crippen molar-refractivity contribution in [3.8, 4) is 0 Å². The van der Waals surface area contributed by atoms with E-state index in [1.807, 2.05) is 42.1 Å². The fourth-order valence-electron chi connectivity index (χ4n) is 3.52. The smallest absolute Gasteiger partial charge is 0.178 e. The number of rotatable bonds is 6. The van der Waals surface area contributed by atoms with Crippen LogP contribution in [0.25, 0.3) is 0 Å². The number of nitrogens with zero attached hydrogens (tertiary/aromatic N) is 5. The number of anilines is 1. The average molecular weight is 367 g/mol. The van der Waals surface area contributed by atoms with Crippen LogP contribution in [-0.2, 0) is 11.3 Å². The Labute approximate surface area is 157 Å². The molecule has 0 bridgehead atoms.